The normalized spacial score (nSPS) is 16.0. The van der Waals surface area contributed by atoms with Crippen molar-refractivity contribution in [3.8, 4) is 0 Å². The topological polar surface area (TPSA) is 75.7 Å². The van der Waals surface area contributed by atoms with Gasteiger partial charge in [-0.1, -0.05) is 18.2 Å². The summed E-state index contributed by atoms with van der Waals surface area (Å²) < 4.78 is 10.8. The first-order valence-corrected chi connectivity index (χ1v) is 8.81. The van der Waals surface area contributed by atoms with Crippen LogP contribution in [0.5, 0.6) is 0 Å². The summed E-state index contributed by atoms with van der Waals surface area (Å²) in [5, 5.41) is 3.59. The lowest BCUT2D eigenvalue weighted by Crippen LogP contribution is -2.37. The number of amides is 1. The Balaban J connectivity index is 1.53. The van der Waals surface area contributed by atoms with Gasteiger partial charge in [0.05, 0.1) is 12.3 Å². The van der Waals surface area contributed by atoms with Gasteiger partial charge in [-0.3, -0.25) is 9.69 Å². The van der Waals surface area contributed by atoms with E-state index in [4.69, 9.17) is 8.83 Å². The van der Waals surface area contributed by atoms with Crippen LogP contribution in [-0.4, -0.2) is 30.4 Å². The van der Waals surface area contributed by atoms with Gasteiger partial charge in [0.2, 0.25) is 0 Å². The highest BCUT2D eigenvalue weighted by Gasteiger charge is 2.26. The number of hydrogen-bond donors (Lipinski definition) is 1. The van der Waals surface area contributed by atoms with Crippen LogP contribution < -0.4 is 10.9 Å². The van der Waals surface area contributed by atoms with E-state index < -0.39 is 11.5 Å². The molecule has 1 atom stereocenters. The Bertz CT molecular complexity index is 955. The number of furan rings is 1. The molecule has 4 rings (SSSR count). The van der Waals surface area contributed by atoms with Crippen molar-refractivity contribution in [2.45, 2.75) is 18.9 Å². The largest absolute Gasteiger partial charge is 0.468 e. The Morgan fingerprint density at radius 3 is 2.73 bits per heavy atom. The van der Waals surface area contributed by atoms with E-state index in [2.05, 4.69) is 10.2 Å². The van der Waals surface area contributed by atoms with E-state index in [-0.39, 0.29) is 11.6 Å². The number of rotatable bonds is 5. The molecule has 0 spiro atoms. The number of likely N-dealkylation sites (tertiary alicyclic amines) is 1. The van der Waals surface area contributed by atoms with Gasteiger partial charge in [-0.25, -0.2) is 4.79 Å². The first-order valence-electron chi connectivity index (χ1n) is 8.81. The van der Waals surface area contributed by atoms with Crippen LogP contribution in [0.1, 0.15) is 35.0 Å². The Hall–Kier alpha value is -2.86. The second-order valence-electron chi connectivity index (χ2n) is 6.47. The summed E-state index contributed by atoms with van der Waals surface area (Å²) in [7, 11) is 0. The SMILES string of the molecule is O=C(NCC(c1ccco1)N1CCCC1)c1cc2ccccc2oc1=O. The number of nitrogens with one attached hydrogen (secondary N) is 1. The smallest absolute Gasteiger partial charge is 0.349 e. The van der Waals surface area contributed by atoms with Crippen molar-refractivity contribution in [1.82, 2.24) is 10.2 Å². The first kappa shape index (κ1) is 16.6. The quantitative estimate of drug-likeness (QED) is 0.715. The fourth-order valence-corrected chi connectivity index (χ4v) is 3.45. The molecular formula is C20H20N2O4. The molecule has 0 bridgehead atoms. The molecule has 26 heavy (non-hydrogen) atoms. The second-order valence-corrected chi connectivity index (χ2v) is 6.47. The van der Waals surface area contributed by atoms with E-state index in [0.29, 0.717) is 12.1 Å². The van der Waals surface area contributed by atoms with Crippen molar-refractivity contribution >= 4 is 16.9 Å². The van der Waals surface area contributed by atoms with Crippen LogP contribution in [0.3, 0.4) is 0 Å². The Morgan fingerprint density at radius 1 is 1.15 bits per heavy atom. The minimum absolute atomic E-state index is 0.0170. The highest BCUT2D eigenvalue weighted by atomic mass is 16.4. The van der Waals surface area contributed by atoms with E-state index in [9.17, 15) is 9.59 Å². The van der Waals surface area contributed by atoms with Crippen LogP contribution in [0.25, 0.3) is 11.0 Å². The summed E-state index contributed by atoms with van der Waals surface area (Å²) in [5.74, 6) is 0.387. The number of benzene rings is 1. The molecule has 3 heterocycles. The van der Waals surface area contributed by atoms with Crippen LogP contribution >= 0.6 is 0 Å². The van der Waals surface area contributed by atoms with E-state index in [1.165, 1.54) is 0 Å². The van der Waals surface area contributed by atoms with E-state index >= 15 is 0 Å². The van der Waals surface area contributed by atoms with E-state index in [1.54, 1.807) is 24.5 Å². The first-order chi connectivity index (χ1) is 12.7. The highest BCUT2D eigenvalue weighted by Crippen LogP contribution is 2.25. The third-order valence-electron chi connectivity index (χ3n) is 4.80. The molecular weight excluding hydrogens is 332 g/mol. The molecule has 6 nitrogen and oxygen atoms in total. The highest BCUT2D eigenvalue weighted by molar-refractivity contribution is 5.96. The molecule has 0 saturated carbocycles. The van der Waals surface area contributed by atoms with Crippen LogP contribution in [0.15, 0.2) is 62.4 Å². The standard InChI is InChI=1S/C20H20N2O4/c23-19(15-12-14-6-1-2-7-17(14)26-20(15)24)21-13-16(18-8-5-11-25-18)22-9-3-4-10-22/h1-2,5-8,11-12,16H,3-4,9-10,13H2,(H,21,23). The molecule has 2 aromatic heterocycles. The van der Waals surface area contributed by atoms with Crippen LogP contribution in [-0.2, 0) is 0 Å². The summed E-state index contributed by atoms with van der Waals surface area (Å²) >= 11 is 0. The molecule has 6 heteroatoms. The average molecular weight is 352 g/mol. The maximum absolute atomic E-state index is 12.6. The number of hydrogen-bond acceptors (Lipinski definition) is 5. The number of carbonyl (C=O) groups is 1. The van der Waals surface area contributed by atoms with Crippen molar-refractivity contribution in [3.63, 3.8) is 0 Å². The molecule has 1 aliphatic heterocycles. The van der Waals surface area contributed by atoms with Crippen molar-refractivity contribution in [1.29, 1.82) is 0 Å². The minimum Gasteiger partial charge on any atom is -0.468 e. The average Bonchev–Trinajstić information content (AvgIpc) is 3.35. The molecule has 1 fully saturated rings. The van der Waals surface area contributed by atoms with Crippen molar-refractivity contribution < 1.29 is 13.6 Å². The monoisotopic (exact) mass is 352 g/mol. The lowest BCUT2D eigenvalue weighted by atomic mass is 10.1. The minimum atomic E-state index is -0.628. The van der Waals surface area contributed by atoms with Gasteiger partial charge >= 0.3 is 5.63 Å². The third kappa shape index (κ3) is 3.28. The van der Waals surface area contributed by atoms with Crippen molar-refractivity contribution in [3.05, 3.63) is 70.5 Å². The fraction of sp³-hybridized carbons (Fsp3) is 0.300. The van der Waals surface area contributed by atoms with Gasteiger partial charge in [-0.2, -0.15) is 0 Å². The molecule has 0 radical (unpaired) electrons. The van der Waals surface area contributed by atoms with Gasteiger partial charge < -0.3 is 14.2 Å². The van der Waals surface area contributed by atoms with E-state index in [1.807, 2.05) is 24.3 Å². The zero-order valence-corrected chi connectivity index (χ0v) is 14.3. The molecule has 1 saturated heterocycles. The number of para-hydroxylation sites is 1. The molecule has 1 aliphatic rings. The predicted octanol–water partition coefficient (Wildman–Crippen LogP) is 2.95. The second kappa shape index (κ2) is 7.17. The summed E-state index contributed by atoms with van der Waals surface area (Å²) in [4.78, 5) is 27.0. The van der Waals surface area contributed by atoms with Gasteiger partial charge in [0.15, 0.2) is 0 Å². The molecule has 134 valence electrons. The Kier molecular flexibility index (Phi) is 4.58. The number of fused-ring (bicyclic) bond motifs is 1. The molecule has 1 amide bonds. The summed E-state index contributed by atoms with van der Waals surface area (Å²) in [5.41, 5.74) is -0.139. The predicted molar refractivity (Wildman–Crippen MR) is 97.1 cm³/mol. The van der Waals surface area contributed by atoms with Crippen molar-refractivity contribution in [2.24, 2.45) is 0 Å². The number of nitrogens with zero attached hydrogens (tertiary/aromatic N) is 1. The van der Waals surface area contributed by atoms with Crippen LogP contribution in [0.4, 0.5) is 0 Å². The zero-order chi connectivity index (χ0) is 17.9. The summed E-state index contributed by atoms with van der Waals surface area (Å²) in [6.07, 6.45) is 3.91. The molecule has 1 aromatic carbocycles. The van der Waals surface area contributed by atoms with Gasteiger partial charge in [0, 0.05) is 11.9 Å². The third-order valence-corrected chi connectivity index (χ3v) is 4.80. The Morgan fingerprint density at radius 2 is 1.96 bits per heavy atom. The van der Waals surface area contributed by atoms with Crippen molar-refractivity contribution in [2.75, 3.05) is 19.6 Å². The lowest BCUT2D eigenvalue weighted by Gasteiger charge is -2.25. The van der Waals surface area contributed by atoms with E-state index in [0.717, 1.165) is 37.1 Å². The molecule has 1 N–H and O–H groups in total. The molecule has 0 aliphatic carbocycles. The summed E-state index contributed by atoms with van der Waals surface area (Å²) in [6, 6.07) is 12.4. The fourth-order valence-electron chi connectivity index (χ4n) is 3.45. The Labute approximate surface area is 150 Å². The van der Waals surface area contributed by atoms with Gasteiger partial charge in [0.25, 0.3) is 5.91 Å². The number of carbonyl (C=O) groups excluding carboxylic acids is 1. The molecule has 3 aromatic rings. The maximum Gasteiger partial charge on any atom is 0.349 e. The van der Waals surface area contributed by atoms with Gasteiger partial charge in [-0.15, -0.1) is 0 Å². The van der Waals surface area contributed by atoms with Gasteiger partial charge in [-0.05, 0) is 50.2 Å². The van der Waals surface area contributed by atoms with Crippen LogP contribution in [0, 0.1) is 0 Å². The van der Waals surface area contributed by atoms with Crippen LogP contribution in [0.2, 0.25) is 0 Å². The van der Waals surface area contributed by atoms with Gasteiger partial charge in [0.1, 0.15) is 16.9 Å². The zero-order valence-electron chi connectivity index (χ0n) is 14.3. The lowest BCUT2D eigenvalue weighted by molar-refractivity contribution is 0.0930. The molecule has 1 unspecified atom stereocenters. The summed E-state index contributed by atoms with van der Waals surface area (Å²) in [6.45, 7) is 2.32. The maximum atomic E-state index is 12.6.